The number of aryl methyl sites for hydroxylation is 1. The Morgan fingerprint density at radius 2 is 2.31 bits per heavy atom. The Morgan fingerprint density at radius 1 is 1.50 bits per heavy atom. The van der Waals surface area contributed by atoms with E-state index in [-0.39, 0.29) is 0 Å². The standard InChI is InChI=1S/C12H22N4/c1-3-11(10-5-6-10)13-8-7-12-15-14-9-16(12)4-2/h9-11,13H,3-8H2,1-2H3. The zero-order valence-corrected chi connectivity index (χ0v) is 10.3. The Kier molecular flexibility index (Phi) is 3.93. The molecule has 1 aliphatic rings. The molecule has 0 bridgehead atoms. The van der Waals surface area contributed by atoms with Crippen LogP contribution in [0.1, 0.15) is 38.9 Å². The molecule has 1 heterocycles. The average molecular weight is 222 g/mol. The van der Waals surface area contributed by atoms with Gasteiger partial charge in [-0.15, -0.1) is 10.2 Å². The second kappa shape index (κ2) is 5.43. The second-order valence-corrected chi connectivity index (χ2v) is 4.59. The van der Waals surface area contributed by atoms with Crippen LogP contribution in [0.2, 0.25) is 0 Å². The van der Waals surface area contributed by atoms with Crippen molar-refractivity contribution < 1.29 is 0 Å². The van der Waals surface area contributed by atoms with E-state index in [2.05, 4.69) is 33.9 Å². The number of nitrogens with zero attached hydrogens (tertiary/aromatic N) is 3. The Balaban J connectivity index is 1.74. The number of nitrogens with one attached hydrogen (secondary N) is 1. The molecule has 16 heavy (non-hydrogen) atoms. The van der Waals surface area contributed by atoms with E-state index in [1.54, 1.807) is 0 Å². The molecule has 0 aromatic carbocycles. The zero-order valence-electron chi connectivity index (χ0n) is 10.3. The molecule has 2 rings (SSSR count). The Morgan fingerprint density at radius 3 is 2.94 bits per heavy atom. The van der Waals surface area contributed by atoms with Gasteiger partial charge in [-0.25, -0.2) is 0 Å². The summed E-state index contributed by atoms with van der Waals surface area (Å²) >= 11 is 0. The molecule has 0 amide bonds. The molecule has 1 fully saturated rings. The molecule has 1 unspecified atom stereocenters. The van der Waals surface area contributed by atoms with E-state index < -0.39 is 0 Å². The highest BCUT2D eigenvalue weighted by Gasteiger charge is 2.29. The lowest BCUT2D eigenvalue weighted by molar-refractivity contribution is 0.449. The van der Waals surface area contributed by atoms with Crippen molar-refractivity contribution in [1.29, 1.82) is 0 Å². The quantitative estimate of drug-likeness (QED) is 0.762. The molecule has 0 spiro atoms. The first kappa shape index (κ1) is 11.6. The molecule has 1 atom stereocenters. The maximum Gasteiger partial charge on any atom is 0.134 e. The maximum absolute atomic E-state index is 4.14. The summed E-state index contributed by atoms with van der Waals surface area (Å²) in [6, 6.07) is 0.720. The molecule has 4 nitrogen and oxygen atoms in total. The monoisotopic (exact) mass is 222 g/mol. The van der Waals surface area contributed by atoms with Gasteiger partial charge in [0.25, 0.3) is 0 Å². The van der Waals surface area contributed by atoms with E-state index in [9.17, 15) is 0 Å². The van der Waals surface area contributed by atoms with Crippen LogP contribution in [0.15, 0.2) is 6.33 Å². The predicted octanol–water partition coefficient (Wildman–Crippen LogP) is 1.62. The Bertz CT molecular complexity index is 317. The first-order chi connectivity index (χ1) is 7.85. The molecule has 0 radical (unpaired) electrons. The number of aromatic nitrogens is 3. The lowest BCUT2D eigenvalue weighted by Crippen LogP contribution is -2.32. The van der Waals surface area contributed by atoms with E-state index in [1.165, 1.54) is 19.3 Å². The molecule has 4 heteroatoms. The van der Waals surface area contributed by atoms with Crippen LogP contribution >= 0.6 is 0 Å². The first-order valence-electron chi connectivity index (χ1n) is 6.45. The van der Waals surface area contributed by atoms with Crippen molar-refractivity contribution in [3.63, 3.8) is 0 Å². The molecule has 1 N–H and O–H groups in total. The van der Waals surface area contributed by atoms with Crippen molar-refractivity contribution in [2.45, 2.75) is 52.1 Å². The third kappa shape index (κ3) is 2.82. The van der Waals surface area contributed by atoms with Crippen LogP contribution in [-0.2, 0) is 13.0 Å². The van der Waals surface area contributed by atoms with Gasteiger partial charge in [-0.2, -0.15) is 0 Å². The van der Waals surface area contributed by atoms with Gasteiger partial charge in [0.2, 0.25) is 0 Å². The van der Waals surface area contributed by atoms with Gasteiger partial charge in [0, 0.05) is 25.6 Å². The highest BCUT2D eigenvalue weighted by atomic mass is 15.3. The first-order valence-corrected chi connectivity index (χ1v) is 6.45. The third-order valence-electron chi connectivity index (χ3n) is 3.42. The van der Waals surface area contributed by atoms with Gasteiger partial charge in [0.1, 0.15) is 12.2 Å². The smallest absolute Gasteiger partial charge is 0.134 e. The minimum atomic E-state index is 0.720. The van der Waals surface area contributed by atoms with E-state index in [1.807, 2.05) is 6.33 Å². The van der Waals surface area contributed by atoms with Gasteiger partial charge >= 0.3 is 0 Å². The molecule has 1 aromatic heterocycles. The minimum absolute atomic E-state index is 0.720. The summed E-state index contributed by atoms with van der Waals surface area (Å²) in [4.78, 5) is 0. The molecule has 90 valence electrons. The van der Waals surface area contributed by atoms with Crippen molar-refractivity contribution in [3.05, 3.63) is 12.2 Å². The van der Waals surface area contributed by atoms with E-state index in [0.717, 1.165) is 37.3 Å². The fraction of sp³-hybridized carbons (Fsp3) is 0.833. The zero-order chi connectivity index (χ0) is 11.4. The van der Waals surface area contributed by atoms with Gasteiger partial charge in [0.15, 0.2) is 0 Å². The highest BCUT2D eigenvalue weighted by Crippen LogP contribution is 2.33. The summed E-state index contributed by atoms with van der Waals surface area (Å²) in [5.74, 6) is 2.04. The second-order valence-electron chi connectivity index (χ2n) is 4.59. The van der Waals surface area contributed by atoms with Crippen LogP contribution in [0.25, 0.3) is 0 Å². The summed E-state index contributed by atoms with van der Waals surface area (Å²) in [5.41, 5.74) is 0. The van der Waals surface area contributed by atoms with Crippen LogP contribution in [0.3, 0.4) is 0 Å². The fourth-order valence-electron chi connectivity index (χ4n) is 2.25. The van der Waals surface area contributed by atoms with Gasteiger partial charge in [-0.3, -0.25) is 0 Å². The van der Waals surface area contributed by atoms with Crippen LogP contribution in [-0.4, -0.2) is 27.4 Å². The van der Waals surface area contributed by atoms with E-state index >= 15 is 0 Å². The van der Waals surface area contributed by atoms with E-state index in [0.29, 0.717) is 0 Å². The van der Waals surface area contributed by atoms with Crippen molar-refractivity contribution in [1.82, 2.24) is 20.1 Å². The number of hydrogen-bond donors (Lipinski definition) is 1. The van der Waals surface area contributed by atoms with Crippen molar-refractivity contribution in [2.24, 2.45) is 5.92 Å². The van der Waals surface area contributed by atoms with Gasteiger partial charge < -0.3 is 9.88 Å². The Labute approximate surface area is 97.5 Å². The molecule has 0 aliphatic heterocycles. The third-order valence-corrected chi connectivity index (χ3v) is 3.42. The number of hydrogen-bond acceptors (Lipinski definition) is 3. The number of rotatable bonds is 7. The summed E-state index contributed by atoms with van der Waals surface area (Å²) in [6.45, 7) is 6.37. The van der Waals surface area contributed by atoms with Crippen LogP contribution in [0.4, 0.5) is 0 Å². The van der Waals surface area contributed by atoms with Crippen molar-refractivity contribution in [2.75, 3.05) is 6.54 Å². The predicted molar refractivity (Wildman–Crippen MR) is 64.2 cm³/mol. The topological polar surface area (TPSA) is 42.7 Å². The molecule has 1 saturated carbocycles. The van der Waals surface area contributed by atoms with Crippen molar-refractivity contribution in [3.8, 4) is 0 Å². The normalized spacial score (nSPS) is 17.6. The largest absolute Gasteiger partial charge is 0.318 e. The van der Waals surface area contributed by atoms with E-state index in [4.69, 9.17) is 0 Å². The lowest BCUT2D eigenvalue weighted by atomic mass is 10.1. The maximum atomic E-state index is 4.14. The Hall–Kier alpha value is -0.900. The highest BCUT2D eigenvalue weighted by molar-refractivity contribution is 4.89. The van der Waals surface area contributed by atoms with Crippen LogP contribution in [0, 0.1) is 5.92 Å². The lowest BCUT2D eigenvalue weighted by Gasteiger charge is -2.15. The van der Waals surface area contributed by atoms with Crippen LogP contribution in [0.5, 0.6) is 0 Å². The molecular weight excluding hydrogens is 200 g/mol. The molecule has 1 aliphatic carbocycles. The summed E-state index contributed by atoms with van der Waals surface area (Å²) in [5, 5.41) is 11.7. The average Bonchev–Trinajstić information content (AvgIpc) is 3.04. The van der Waals surface area contributed by atoms with Gasteiger partial charge in [0.05, 0.1) is 0 Å². The van der Waals surface area contributed by atoms with Crippen LogP contribution < -0.4 is 5.32 Å². The summed E-state index contributed by atoms with van der Waals surface area (Å²) < 4.78 is 2.11. The minimum Gasteiger partial charge on any atom is -0.318 e. The van der Waals surface area contributed by atoms with Gasteiger partial charge in [-0.05, 0) is 32.1 Å². The van der Waals surface area contributed by atoms with Crippen molar-refractivity contribution >= 4 is 0 Å². The summed E-state index contributed by atoms with van der Waals surface area (Å²) in [7, 11) is 0. The van der Waals surface area contributed by atoms with Gasteiger partial charge in [-0.1, -0.05) is 6.92 Å². The molecule has 1 aromatic rings. The fourth-order valence-corrected chi connectivity index (χ4v) is 2.25. The summed E-state index contributed by atoms with van der Waals surface area (Å²) in [6.07, 6.45) is 6.86. The SMILES string of the molecule is CCC(NCCc1nncn1CC)C1CC1. The molecule has 0 saturated heterocycles. The molecular formula is C12H22N4.